The molecule has 3 aromatic carbocycles. The van der Waals surface area contributed by atoms with Gasteiger partial charge in [0.05, 0.1) is 19.6 Å². The number of rotatable bonds is 7. The van der Waals surface area contributed by atoms with Crippen molar-refractivity contribution in [3.8, 4) is 11.1 Å². The summed E-state index contributed by atoms with van der Waals surface area (Å²) in [5, 5.41) is 5.82. The predicted molar refractivity (Wildman–Crippen MR) is 157 cm³/mol. The normalized spacial score (nSPS) is 21.4. The summed E-state index contributed by atoms with van der Waals surface area (Å²) in [7, 11) is 1.92. The van der Waals surface area contributed by atoms with E-state index in [1.165, 1.54) is 19.4 Å². The van der Waals surface area contributed by atoms with E-state index >= 15 is 0 Å². The van der Waals surface area contributed by atoms with Crippen molar-refractivity contribution < 1.29 is 11.0 Å². The number of aromatic nitrogens is 2. The number of aryl methyl sites for hydroxylation is 1. The number of hydrogen-bond donors (Lipinski definition) is 0. The summed E-state index contributed by atoms with van der Waals surface area (Å²) in [5.74, 6) is 0.852. The van der Waals surface area contributed by atoms with Gasteiger partial charge in [-0.05, 0) is 96.7 Å². The van der Waals surface area contributed by atoms with Gasteiger partial charge in [-0.15, -0.1) is 0 Å². The first kappa shape index (κ1) is 24.3. The van der Waals surface area contributed by atoms with E-state index < -0.39 is 6.52 Å². The van der Waals surface area contributed by atoms with Crippen molar-refractivity contribution in [2.75, 3.05) is 4.90 Å². The Hall–Kier alpha value is -3.70. The topological polar surface area (TPSA) is 55.2 Å². The Morgan fingerprint density at radius 3 is 2.67 bits per heavy atom. The average Bonchev–Trinajstić information content (AvgIpc) is 3.68. The highest BCUT2D eigenvalue weighted by atomic mass is 35.5. The van der Waals surface area contributed by atoms with Crippen LogP contribution in [0.4, 0.5) is 5.69 Å². The molecule has 0 saturated heterocycles. The highest BCUT2D eigenvalue weighted by Gasteiger charge is 2.44. The van der Waals surface area contributed by atoms with Crippen LogP contribution in [0.15, 0.2) is 72.9 Å². The van der Waals surface area contributed by atoms with Gasteiger partial charge in [-0.25, -0.2) is 0 Å². The molecule has 5 nitrogen and oxygen atoms in total. The molecule has 0 radical (unpaired) electrons. The summed E-state index contributed by atoms with van der Waals surface area (Å²) >= 11 is 6.85. The quantitative estimate of drug-likeness (QED) is 0.229. The molecule has 198 valence electrons. The Morgan fingerprint density at radius 2 is 1.92 bits per heavy atom. The molecule has 0 aliphatic heterocycles. The second-order valence-corrected chi connectivity index (χ2v) is 11.3. The summed E-state index contributed by atoms with van der Waals surface area (Å²) in [6, 6.07) is 19.4. The van der Waals surface area contributed by atoms with Gasteiger partial charge in [-0.3, -0.25) is 14.3 Å². The standard InChI is InChI=1S/C33H32ClN3O2/c1-21(38)6-7-22-4-3-5-29(15-22)37(33(39)30-16-23-8-9-26(30)14-23)20-27-11-10-25(18-31(27)34)24-12-13-32-28(17-24)19-35-36(32)2/h3-7,10-13,15,17-19,23,26,30H,8-9,14,16,20H2,1-2H3/b7-6+/t23-,26+,30-/m1/s1/i20D/t20?,23-,26+,30-. The van der Waals surface area contributed by atoms with E-state index in [1.54, 1.807) is 11.0 Å². The van der Waals surface area contributed by atoms with Gasteiger partial charge in [0.1, 0.15) is 0 Å². The Bertz CT molecular complexity index is 1640. The number of carbonyl (C=O) groups is 2. The van der Waals surface area contributed by atoms with Crippen molar-refractivity contribution in [3.05, 3.63) is 89.1 Å². The van der Waals surface area contributed by atoms with E-state index in [9.17, 15) is 11.0 Å². The van der Waals surface area contributed by atoms with Crippen molar-refractivity contribution >= 4 is 46.0 Å². The van der Waals surface area contributed by atoms with Crippen LogP contribution in [0.1, 0.15) is 45.1 Å². The maximum Gasteiger partial charge on any atom is 0.230 e. The third kappa shape index (κ3) is 5.16. The molecule has 2 saturated carbocycles. The lowest BCUT2D eigenvalue weighted by Gasteiger charge is -2.30. The second kappa shape index (κ2) is 10.5. The summed E-state index contributed by atoms with van der Waals surface area (Å²) in [5.41, 5.74) is 5.02. The van der Waals surface area contributed by atoms with Gasteiger partial charge < -0.3 is 4.90 Å². The van der Waals surface area contributed by atoms with Gasteiger partial charge in [0.2, 0.25) is 5.91 Å². The summed E-state index contributed by atoms with van der Waals surface area (Å²) in [6.07, 6.45) is 9.36. The van der Waals surface area contributed by atoms with Gasteiger partial charge in [0.15, 0.2) is 5.78 Å². The van der Waals surface area contributed by atoms with Crippen LogP contribution in [0.3, 0.4) is 0 Å². The van der Waals surface area contributed by atoms with E-state index in [1.807, 2.05) is 72.5 Å². The number of carbonyl (C=O) groups excluding carboxylic acids is 2. The molecule has 2 aliphatic carbocycles. The molecule has 1 heterocycles. The Kier molecular flexibility index (Phi) is 6.53. The third-order valence-electron chi connectivity index (χ3n) is 8.30. The number of hydrogen-bond acceptors (Lipinski definition) is 3. The van der Waals surface area contributed by atoms with E-state index in [4.69, 9.17) is 11.6 Å². The number of amides is 1. The molecular formula is C33H32ClN3O2. The second-order valence-electron chi connectivity index (χ2n) is 10.9. The highest BCUT2D eigenvalue weighted by molar-refractivity contribution is 6.31. The van der Waals surface area contributed by atoms with E-state index in [-0.39, 0.29) is 17.6 Å². The van der Waals surface area contributed by atoms with Crippen LogP contribution < -0.4 is 4.90 Å². The van der Waals surface area contributed by atoms with Crippen LogP contribution >= 0.6 is 11.6 Å². The lowest BCUT2D eigenvalue weighted by atomic mass is 9.87. The lowest BCUT2D eigenvalue weighted by molar-refractivity contribution is -0.124. The van der Waals surface area contributed by atoms with Crippen molar-refractivity contribution in [1.82, 2.24) is 9.78 Å². The molecule has 39 heavy (non-hydrogen) atoms. The Balaban J connectivity index is 1.36. The van der Waals surface area contributed by atoms with Gasteiger partial charge in [-0.2, -0.15) is 5.10 Å². The van der Waals surface area contributed by atoms with Crippen LogP contribution in [0.2, 0.25) is 5.02 Å². The molecule has 1 unspecified atom stereocenters. The summed E-state index contributed by atoms with van der Waals surface area (Å²) in [4.78, 5) is 27.3. The van der Waals surface area contributed by atoms with Crippen LogP contribution in [0, 0.1) is 17.8 Å². The van der Waals surface area contributed by atoms with E-state index in [0.717, 1.165) is 46.9 Å². The maximum absolute atomic E-state index is 14.1. The molecule has 2 bridgehead atoms. The molecule has 1 amide bonds. The molecule has 2 aliphatic rings. The fourth-order valence-corrected chi connectivity index (χ4v) is 6.51. The zero-order valence-corrected chi connectivity index (χ0v) is 22.9. The number of anilines is 1. The van der Waals surface area contributed by atoms with Gasteiger partial charge in [0, 0.05) is 29.1 Å². The van der Waals surface area contributed by atoms with Crippen LogP contribution in [-0.2, 0) is 23.2 Å². The zero-order chi connectivity index (χ0) is 28.0. The fourth-order valence-electron chi connectivity index (χ4n) is 6.28. The van der Waals surface area contributed by atoms with Crippen LogP contribution in [-0.4, -0.2) is 21.5 Å². The maximum atomic E-state index is 14.1. The molecule has 1 aromatic heterocycles. The average molecular weight is 539 g/mol. The minimum Gasteiger partial charge on any atom is -0.308 e. The summed E-state index contributed by atoms with van der Waals surface area (Å²) < 4.78 is 11.2. The number of nitrogens with zero attached hydrogens (tertiary/aromatic N) is 3. The SMILES string of the molecule is [2H]C(c1ccc(-c2ccc3c(cnn3C)c2)cc1Cl)N(C(=O)[C@@H]1C[C@@H]2CC[C@H]1C2)c1cccc(/C=C/C(C)=O)c1. The molecule has 2 fully saturated rings. The molecular weight excluding hydrogens is 506 g/mol. The van der Waals surface area contributed by atoms with Crippen LogP contribution in [0.25, 0.3) is 28.1 Å². The number of fused-ring (bicyclic) bond motifs is 3. The molecule has 0 N–H and O–H groups in total. The number of allylic oxidation sites excluding steroid dienone is 1. The predicted octanol–water partition coefficient (Wildman–Crippen LogP) is 7.47. The van der Waals surface area contributed by atoms with E-state index in [0.29, 0.717) is 28.1 Å². The minimum atomic E-state index is -1.01. The van der Waals surface area contributed by atoms with Gasteiger partial charge >= 0.3 is 0 Å². The zero-order valence-electron chi connectivity index (χ0n) is 23.2. The first-order chi connectivity index (χ1) is 19.3. The molecule has 6 rings (SSSR count). The first-order valence-electron chi connectivity index (χ1n) is 14.1. The molecule has 4 atom stereocenters. The van der Waals surface area contributed by atoms with Crippen molar-refractivity contribution in [2.45, 2.75) is 39.1 Å². The fraction of sp³-hybridized carbons (Fsp3) is 0.303. The van der Waals surface area contributed by atoms with E-state index in [2.05, 4.69) is 11.2 Å². The Labute approximate surface area is 235 Å². The molecule has 0 spiro atoms. The number of ketones is 1. The van der Waals surface area contributed by atoms with Gasteiger partial charge in [0.25, 0.3) is 0 Å². The smallest absolute Gasteiger partial charge is 0.230 e. The Morgan fingerprint density at radius 1 is 1.10 bits per heavy atom. The first-order valence-corrected chi connectivity index (χ1v) is 13.9. The lowest BCUT2D eigenvalue weighted by Crippen LogP contribution is -2.38. The minimum absolute atomic E-state index is 0.0120. The summed E-state index contributed by atoms with van der Waals surface area (Å²) in [6.45, 7) is 0.493. The van der Waals surface area contributed by atoms with Crippen molar-refractivity contribution in [1.29, 1.82) is 0 Å². The molecule has 4 aromatic rings. The monoisotopic (exact) mass is 538 g/mol. The van der Waals surface area contributed by atoms with Crippen LogP contribution in [0.5, 0.6) is 0 Å². The van der Waals surface area contributed by atoms with Crippen molar-refractivity contribution in [3.63, 3.8) is 0 Å². The third-order valence-corrected chi connectivity index (χ3v) is 8.63. The number of halogens is 1. The van der Waals surface area contributed by atoms with Crippen molar-refractivity contribution in [2.24, 2.45) is 24.8 Å². The highest BCUT2D eigenvalue weighted by Crippen LogP contribution is 2.49. The van der Waals surface area contributed by atoms with Gasteiger partial charge in [-0.1, -0.05) is 54.4 Å². The largest absolute Gasteiger partial charge is 0.308 e. The molecule has 6 heteroatoms. The number of benzene rings is 3.